The number of nitrogens with zero attached hydrogens (tertiary/aromatic N) is 5. The lowest BCUT2D eigenvalue weighted by molar-refractivity contribution is -0.132. The van der Waals surface area contributed by atoms with Crippen molar-refractivity contribution in [2.45, 2.75) is 32.9 Å². The Morgan fingerprint density at radius 3 is 2.66 bits per heavy atom. The summed E-state index contributed by atoms with van der Waals surface area (Å²) in [7, 11) is 1.64. The maximum absolute atomic E-state index is 12.9. The van der Waals surface area contributed by atoms with Crippen LogP contribution in [-0.4, -0.2) is 51.8 Å². The van der Waals surface area contributed by atoms with Gasteiger partial charge in [-0.15, -0.1) is 0 Å². The number of hydrogen-bond acceptors (Lipinski definition) is 5. The van der Waals surface area contributed by atoms with Gasteiger partial charge in [-0.05, 0) is 43.7 Å². The summed E-state index contributed by atoms with van der Waals surface area (Å²) in [5.74, 6) is 1.51. The Morgan fingerprint density at radius 2 is 1.97 bits per heavy atom. The van der Waals surface area contributed by atoms with Gasteiger partial charge in [0.1, 0.15) is 23.6 Å². The highest BCUT2D eigenvalue weighted by Crippen LogP contribution is 2.30. The third-order valence-corrected chi connectivity index (χ3v) is 6.39. The number of aryl methyl sites for hydroxylation is 1. The standard InChI is InChI=1S/C23H25Cl2N5O2/c1-15-12-28(9-8-23(31)29(15)13-17-4-6-19(24)20(25)10-17)18-5-7-21(22(11-18)32-3)30-14-26-16(2)27-30/h4-7,10-11,14-15H,8-9,12-13H2,1-3H3. The van der Waals surface area contributed by atoms with Crippen LogP contribution in [0, 0.1) is 6.92 Å². The molecule has 7 nitrogen and oxygen atoms in total. The van der Waals surface area contributed by atoms with Crippen molar-refractivity contribution < 1.29 is 9.53 Å². The zero-order chi connectivity index (χ0) is 22.8. The van der Waals surface area contributed by atoms with Gasteiger partial charge >= 0.3 is 0 Å². The Balaban J connectivity index is 1.54. The van der Waals surface area contributed by atoms with E-state index >= 15 is 0 Å². The topological polar surface area (TPSA) is 63.5 Å². The summed E-state index contributed by atoms with van der Waals surface area (Å²) in [5.41, 5.74) is 2.78. The molecule has 1 fully saturated rings. The molecule has 0 saturated carbocycles. The predicted molar refractivity (Wildman–Crippen MR) is 126 cm³/mol. The normalized spacial score (nSPS) is 16.9. The van der Waals surface area contributed by atoms with Crippen LogP contribution in [-0.2, 0) is 11.3 Å². The highest BCUT2D eigenvalue weighted by atomic mass is 35.5. The van der Waals surface area contributed by atoms with Crippen LogP contribution >= 0.6 is 23.2 Å². The summed E-state index contributed by atoms with van der Waals surface area (Å²) in [4.78, 5) is 21.2. The van der Waals surface area contributed by atoms with E-state index in [9.17, 15) is 4.79 Å². The van der Waals surface area contributed by atoms with Crippen LogP contribution in [0.2, 0.25) is 10.0 Å². The van der Waals surface area contributed by atoms with Gasteiger partial charge in [0.05, 0.1) is 17.2 Å². The predicted octanol–water partition coefficient (Wildman–Crippen LogP) is 4.52. The van der Waals surface area contributed by atoms with Crippen molar-refractivity contribution >= 4 is 34.8 Å². The van der Waals surface area contributed by atoms with Gasteiger partial charge in [-0.2, -0.15) is 5.10 Å². The van der Waals surface area contributed by atoms with E-state index in [-0.39, 0.29) is 11.9 Å². The average molecular weight is 474 g/mol. The number of rotatable bonds is 5. The summed E-state index contributed by atoms with van der Waals surface area (Å²) in [5, 5.41) is 5.38. The first-order chi connectivity index (χ1) is 15.4. The van der Waals surface area contributed by atoms with Gasteiger partial charge in [0.25, 0.3) is 0 Å². The second kappa shape index (κ2) is 9.38. The molecule has 32 heavy (non-hydrogen) atoms. The first-order valence-corrected chi connectivity index (χ1v) is 11.2. The molecule has 1 aromatic heterocycles. The lowest BCUT2D eigenvalue weighted by Gasteiger charge is -2.30. The number of halogens is 2. The van der Waals surface area contributed by atoms with Gasteiger partial charge < -0.3 is 14.5 Å². The van der Waals surface area contributed by atoms with E-state index in [4.69, 9.17) is 27.9 Å². The van der Waals surface area contributed by atoms with E-state index < -0.39 is 0 Å². The molecule has 3 aromatic rings. The molecular formula is C23H25Cl2N5O2. The average Bonchev–Trinajstić information content (AvgIpc) is 3.16. The van der Waals surface area contributed by atoms with E-state index in [1.54, 1.807) is 24.2 Å². The second-order valence-electron chi connectivity index (χ2n) is 7.91. The zero-order valence-electron chi connectivity index (χ0n) is 18.3. The van der Waals surface area contributed by atoms with Crippen LogP contribution in [0.3, 0.4) is 0 Å². The molecule has 0 N–H and O–H groups in total. The molecule has 4 rings (SSSR count). The van der Waals surface area contributed by atoms with E-state index in [0.717, 1.165) is 16.9 Å². The number of hydrogen-bond donors (Lipinski definition) is 0. The first-order valence-electron chi connectivity index (χ1n) is 10.4. The molecule has 168 valence electrons. The number of amides is 1. The minimum absolute atomic E-state index is 0.0168. The monoisotopic (exact) mass is 473 g/mol. The third-order valence-electron chi connectivity index (χ3n) is 5.65. The summed E-state index contributed by atoms with van der Waals surface area (Å²) < 4.78 is 7.32. The SMILES string of the molecule is COc1cc(N2CCC(=O)N(Cc3ccc(Cl)c(Cl)c3)C(C)C2)ccc1-n1cnc(C)n1. The first kappa shape index (κ1) is 22.4. The molecule has 2 heterocycles. The van der Waals surface area contributed by atoms with Crippen LogP contribution in [0.1, 0.15) is 24.7 Å². The Bertz CT molecular complexity index is 1130. The Morgan fingerprint density at radius 1 is 1.16 bits per heavy atom. The van der Waals surface area contributed by atoms with Crippen LogP contribution in [0.15, 0.2) is 42.7 Å². The molecule has 0 spiro atoms. The number of aromatic nitrogens is 3. The fourth-order valence-corrected chi connectivity index (χ4v) is 4.28. The molecule has 1 aliphatic rings. The largest absolute Gasteiger partial charge is 0.494 e. The second-order valence-corrected chi connectivity index (χ2v) is 8.72. The lowest BCUT2D eigenvalue weighted by atomic mass is 10.1. The summed E-state index contributed by atoms with van der Waals surface area (Å²) in [6, 6.07) is 11.5. The summed E-state index contributed by atoms with van der Waals surface area (Å²) >= 11 is 12.2. The van der Waals surface area contributed by atoms with Crippen LogP contribution < -0.4 is 9.64 Å². The number of carbonyl (C=O) groups excluding carboxylic acids is 1. The van der Waals surface area contributed by atoms with Crippen molar-refractivity contribution in [2.24, 2.45) is 0 Å². The van der Waals surface area contributed by atoms with Gasteiger partial charge in [0, 0.05) is 43.9 Å². The zero-order valence-corrected chi connectivity index (χ0v) is 19.8. The molecule has 1 atom stereocenters. The minimum atomic E-state index is 0.0168. The molecule has 9 heteroatoms. The number of methoxy groups -OCH3 is 1. The highest BCUT2D eigenvalue weighted by Gasteiger charge is 2.27. The van der Waals surface area contributed by atoms with Crippen LogP contribution in [0.25, 0.3) is 5.69 Å². The molecule has 2 aromatic carbocycles. The van der Waals surface area contributed by atoms with Gasteiger partial charge in [0.2, 0.25) is 5.91 Å². The van der Waals surface area contributed by atoms with Crippen molar-refractivity contribution in [3.8, 4) is 11.4 Å². The van der Waals surface area contributed by atoms with Crippen LogP contribution in [0.4, 0.5) is 5.69 Å². The highest BCUT2D eigenvalue weighted by molar-refractivity contribution is 6.42. The molecule has 1 aliphatic heterocycles. The van der Waals surface area contributed by atoms with Gasteiger partial charge in [-0.25, -0.2) is 9.67 Å². The van der Waals surface area contributed by atoms with Crippen molar-refractivity contribution in [1.82, 2.24) is 19.7 Å². The molecule has 1 unspecified atom stereocenters. The van der Waals surface area contributed by atoms with Crippen LogP contribution in [0.5, 0.6) is 5.75 Å². The fraction of sp³-hybridized carbons (Fsp3) is 0.348. The Hall–Kier alpha value is -2.77. The van der Waals surface area contributed by atoms with Gasteiger partial charge in [-0.1, -0.05) is 29.3 Å². The quantitative estimate of drug-likeness (QED) is 0.544. The van der Waals surface area contributed by atoms with E-state index in [0.29, 0.717) is 47.7 Å². The summed E-state index contributed by atoms with van der Waals surface area (Å²) in [6.45, 7) is 5.75. The Kier molecular flexibility index (Phi) is 6.58. The van der Waals surface area contributed by atoms with E-state index in [1.165, 1.54) is 0 Å². The molecule has 0 aliphatic carbocycles. The number of carbonyl (C=O) groups is 1. The van der Waals surface area contributed by atoms with Crippen molar-refractivity contribution in [2.75, 3.05) is 25.1 Å². The Labute approximate surface area is 197 Å². The molecule has 0 bridgehead atoms. The number of anilines is 1. The maximum Gasteiger partial charge on any atom is 0.224 e. The third kappa shape index (κ3) is 4.69. The maximum atomic E-state index is 12.9. The smallest absolute Gasteiger partial charge is 0.224 e. The molecular weight excluding hydrogens is 449 g/mol. The fourth-order valence-electron chi connectivity index (χ4n) is 3.96. The summed E-state index contributed by atoms with van der Waals surface area (Å²) in [6.07, 6.45) is 2.10. The van der Waals surface area contributed by atoms with E-state index in [2.05, 4.69) is 21.9 Å². The number of ether oxygens (including phenoxy) is 1. The lowest BCUT2D eigenvalue weighted by Crippen LogP contribution is -2.40. The van der Waals surface area contributed by atoms with Gasteiger partial charge in [-0.3, -0.25) is 4.79 Å². The van der Waals surface area contributed by atoms with Crippen molar-refractivity contribution in [3.05, 3.63) is 64.2 Å². The van der Waals surface area contributed by atoms with Gasteiger partial charge in [0.15, 0.2) is 0 Å². The number of benzene rings is 2. The minimum Gasteiger partial charge on any atom is -0.494 e. The molecule has 1 amide bonds. The molecule has 1 saturated heterocycles. The van der Waals surface area contributed by atoms with Crippen molar-refractivity contribution in [1.29, 1.82) is 0 Å². The van der Waals surface area contributed by atoms with E-state index in [1.807, 2.05) is 42.2 Å². The van der Waals surface area contributed by atoms with Crippen molar-refractivity contribution in [3.63, 3.8) is 0 Å². The molecule has 0 radical (unpaired) electrons.